The summed E-state index contributed by atoms with van der Waals surface area (Å²) < 4.78 is 7.50. The molecular formula is C12H22N4O. The summed E-state index contributed by atoms with van der Waals surface area (Å²) in [5, 5.41) is 7.74. The number of nitrogens with two attached hydrogens (primary N) is 1. The molecular weight excluding hydrogens is 216 g/mol. The maximum Gasteiger partial charge on any atom is 0.147 e. The second-order valence-electron chi connectivity index (χ2n) is 4.56. The Labute approximate surface area is 102 Å². The zero-order valence-electron chi connectivity index (χ0n) is 10.7. The fraction of sp³-hybridized carbons (Fsp3) is 0.750. The van der Waals surface area contributed by atoms with Crippen LogP contribution >= 0.6 is 0 Å². The zero-order chi connectivity index (χ0) is 12.3. The van der Waals surface area contributed by atoms with E-state index in [1.807, 2.05) is 11.7 Å². The van der Waals surface area contributed by atoms with Crippen molar-refractivity contribution in [3.63, 3.8) is 0 Å². The van der Waals surface area contributed by atoms with Crippen molar-refractivity contribution in [3.8, 4) is 0 Å². The number of nitrogens with zero attached hydrogens (tertiary/aromatic N) is 2. The second-order valence-corrected chi connectivity index (χ2v) is 4.56. The third-order valence-corrected chi connectivity index (χ3v) is 3.27. The van der Waals surface area contributed by atoms with Crippen LogP contribution in [-0.2, 0) is 18.2 Å². The Morgan fingerprint density at radius 1 is 1.53 bits per heavy atom. The highest BCUT2D eigenvalue weighted by Crippen LogP contribution is 2.23. The normalized spacial score (nSPS) is 20.5. The number of ether oxygens (including phenoxy) is 1. The Morgan fingerprint density at radius 2 is 2.35 bits per heavy atom. The van der Waals surface area contributed by atoms with E-state index in [9.17, 15) is 0 Å². The second kappa shape index (κ2) is 5.40. The number of nitrogen functional groups attached to an aromatic ring is 1. The minimum atomic E-state index is 0.308. The van der Waals surface area contributed by atoms with Crippen LogP contribution in [0.3, 0.4) is 0 Å². The van der Waals surface area contributed by atoms with Gasteiger partial charge in [0.05, 0.1) is 17.5 Å². The van der Waals surface area contributed by atoms with Gasteiger partial charge in [-0.2, -0.15) is 5.10 Å². The highest BCUT2D eigenvalue weighted by Gasteiger charge is 2.16. The molecule has 96 valence electrons. The van der Waals surface area contributed by atoms with Gasteiger partial charge in [-0.3, -0.25) is 4.68 Å². The van der Waals surface area contributed by atoms with Crippen molar-refractivity contribution in [1.82, 2.24) is 9.78 Å². The van der Waals surface area contributed by atoms with Crippen molar-refractivity contribution in [3.05, 3.63) is 5.69 Å². The van der Waals surface area contributed by atoms with Crippen LogP contribution in [0.25, 0.3) is 0 Å². The lowest BCUT2D eigenvalue weighted by atomic mass is 10.1. The Kier molecular flexibility index (Phi) is 3.89. The van der Waals surface area contributed by atoms with Crippen LogP contribution in [0.4, 0.5) is 11.5 Å². The van der Waals surface area contributed by atoms with Crippen LogP contribution in [0.1, 0.15) is 31.9 Å². The number of anilines is 2. The van der Waals surface area contributed by atoms with Crippen molar-refractivity contribution in [2.45, 2.75) is 38.7 Å². The molecule has 1 fully saturated rings. The Balaban J connectivity index is 1.95. The van der Waals surface area contributed by atoms with Crippen LogP contribution in [0.5, 0.6) is 0 Å². The van der Waals surface area contributed by atoms with Gasteiger partial charge >= 0.3 is 0 Å². The molecule has 17 heavy (non-hydrogen) atoms. The summed E-state index contributed by atoms with van der Waals surface area (Å²) in [4.78, 5) is 0. The molecule has 1 unspecified atom stereocenters. The summed E-state index contributed by atoms with van der Waals surface area (Å²) in [6.45, 7) is 3.76. The maximum atomic E-state index is 6.04. The van der Waals surface area contributed by atoms with Gasteiger partial charge in [0, 0.05) is 20.2 Å². The van der Waals surface area contributed by atoms with Gasteiger partial charge in [0.15, 0.2) is 0 Å². The molecule has 0 bridgehead atoms. The average molecular weight is 238 g/mol. The van der Waals surface area contributed by atoms with Crippen molar-refractivity contribution in [1.29, 1.82) is 0 Å². The molecule has 2 rings (SSSR count). The van der Waals surface area contributed by atoms with Gasteiger partial charge in [-0.25, -0.2) is 0 Å². The van der Waals surface area contributed by atoms with Gasteiger partial charge in [-0.15, -0.1) is 0 Å². The Hall–Kier alpha value is -1.23. The molecule has 5 nitrogen and oxygen atoms in total. The SMILES string of the molecule is CCc1nn(C)c(NCC2CCCCO2)c1N. The monoisotopic (exact) mass is 238 g/mol. The molecule has 0 radical (unpaired) electrons. The summed E-state index contributed by atoms with van der Waals surface area (Å²) in [5.41, 5.74) is 7.77. The Morgan fingerprint density at radius 3 is 2.94 bits per heavy atom. The van der Waals surface area contributed by atoms with Gasteiger partial charge in [0.1, 0.15) is 5.82 Å². The number of nitrogens with one attached hydrogen (secondary N) is 1. The molecule has 0 amide bonds. The predicted octanol–water partition coefficient (Wildman–Crippen LogP) is 1.55. The molecule has 0 aliphatic carbocycles. The Bertz CT molecular complexity index is 369. The summed E-state index contributed by atoms with van der Waals surface area (Å²) in [7, 11) is 1.92. The predicted molar refractivity (Wildman–Crippen MR) is 69.1 cm³/mol. The largest absolute Gasteiger partial charge is 0.394 e. The molecule has 0 saturated carbocycles. The summed E-state index contributed by atoms with van der Waals surface area (Å²) in [6, 6.07) is 0. The third-order valence-electron chi connectivity index (χ3n) is 3.27. The van der Waals surface area contributed by atoms with E-state index in [4.69, 9.17) is 10.5 Å². The van der Waals surface area contributed by atoms with Crippen LogP contribution in [0.2, 0.25) is 0 Å². The molecule has 1 atom stereocenters. The van der Waals surface area contributed by atoms with E-state index in [0.717, 1.165) is 43.2 Å². The van der Waals surface area contributed by atoms with Gasteiger partial charge in [0.25, 0.3) is 0 Å². The molecule has 0 spiro atoms. The quantitative estimate of drug-likeness (QED) is 0.835. The lowest BCUT2D eigenvalue weighted by Gasteiger charge is -2.23. The van der Waals surface area contributed by atoms with Crippen molar-refractivity contribution < 1.29 is 4.74 Å². The van der Waals surface area contributed by atoms with E-state index in [1.165, 1.54) is 12.8 Å². The zero-order valence-corrected chi connectivity index (χ0v) is 10.7. The number of aromatic nitrogens is 2. The fourth-order valence-corrected chi connectivity index (χ4v) is 2.25. The van der Waals surface area contributed by atoms with Crippen LogP contribution in [-0.4, -0.2) is 29.0 Å². The number of aryl methyl sites for hydroxylation is 2. The number of hydrogen-bond acceptors (Lipinski definition) is 4. The lowest BCUT2D eigenvalue weighted by Crippen LogP contribution is -2.27. The molecule has 1 saturated heterocycles. The topological polar surface area (TPSA) is 65.1 Å². The van der Waals surface area contributed by atoms with E-state index >= 15 is 0 Å². The van der Waals surface area contributed by atoms with Crippen molar-refractivity contribution >= 4 is 11.5 Å². The summed E-state index contributed by atoms with van der Waals surface area (Å²) in [6.07, 6.45) is 4.74. The first-order valence-electron chi connectivity index (χ1n) is 6.39. The molecule has 1 aromatic rings. The summed E-state index contributed by atoms with van der Waals surface area (Å²) >= 11 is 0. The van der Waals surface area contributed by atoms with E-state index in [2.05, 4.69) is 17.3 Å². The molecule has 2 heterocycles. The first-order chi connectivity index (χ1) is 8.22. The first-order valence-corrected chi connectivity index (χ1v) is 6.39. The van der Waals surface area contributed by atoms with Crippen LogP contribution in [0, 0.1) is 0 Å². The van der Waals surface area contributed by atoms with Gasteiger partial charge in [-0.05, 0) is 25.7 Å². The molecule has 0 aromatic carbocycles. The summed E-state index contributed by atoms with van der Waals surface area (Å²) in [5.74, 6) is 0.913. The highest BCUT2D eigenvalue weighted by molar-refractivity contribution is 5.65. The van der Waals surface area contributed by atoms with Crippen LogP contribution < -0.4 is 11.1 Å². The van der Waals surface area contributed by atoms with Gasteiger partial charge in [0.2, 0.25) is 0 Å². The average Bonchev–Trinajstić information content (AvgIpc) is 2.63. The molecule has 1 aromatic heterocycles. The van der Waals surface area contributed by atoms with Crippen molar-refractivity contribution in [2.75, 3.05) is 24.2 Å². The highest BCUT2D eigenvalue weighted by atomic mass is 16.5. The van der Waals surface area contributed by atoms with Crippen LogP contribution in [0.15, 0.2) is 0 Å². The maximum absolute atomic E-state index is 6.04. The first kappa shape index (κ1) is 12.2. The van der Waals surface area contributed by atoms with E-state index < -0.39 is 0 Å². The molecule has 5 heteroatoms. The number of rotatable bonds is 4. The molecule has 3 N–H and O–H groups in total. The van der Waals surface area contributed by atoms with E-state index in [0.29, 0.717) is 6.10 Å². The molecule has 1 aliphatic rings. The van der Waals surface area contributed by atoms with Crippen molar-refractivity contribution in [2.24, 2.45) is 7.05 Å². The molecule has 1 aliphatic heterocycles. The smallest absolute Gasteiger partial charge is 0.147 e. The fourth-order valence-electron chi connectivity index (χ4n) is 2.25. The van der Waals surface area contributed by atoms with Gasteiger partial charge < -0.3 is 15.8 Å². The third kappa shape index (κ3) is 2.72. The standard InChI is InChI=1S/C12H22N4O/c1-3-10-11(13)12(16(2)15-10)14-8-9-6-4-5-7-17-9/h9,14H,3-8,13H2,1-2H3. The van der Waals surface area contributed by atoms with E-state index in [1.54, 1.807) is 0 Å². The minimum Gasteiger partial charge on any atom is -0.394 e. The van der Waals surface area contributed by atoms with E-state index in [-0.39, 0.29) is 0 Å². The lowest BCUT2D eigenvalue weighted by molar-refractivity contribution is 0.0247. The van der Waals surface area contributed by atoms with Gasteiger partial charge in [-0.1, -0.05) is 6.92 Å². The minimum absolute atomic E-state index is 0.308. The number of hydrogen-bond donors (Lipinski definition) is 2.